The number of hydrogen-bond acceptors (Lipinski definition) is 3. The molecule has 0 radical (unpaired) electrons. The minimum absolute atomic E-state index is 0.417. The van der Waals surface area contributed by atoms with Gasteiger partial charge in [0.15, 0.2) is 0 Å². The number of halogens is 1. The molecule has 0 amide bonds. The van der Waals surface area contributed by atoms with Gasteiger partial charge in [0.25, 0.3) is 0 Å². The average Bonchev–Trinajstić information content (AvgIpc) is 2.89. The molecule has 0 aliphatic carbocycles. The minimum Gasteiger partial charge on any atom is -0.307 e. The fourth-order valence-corrected chi connectivity index (χ4v) is 4.01. The molecule has 0 aliphatic rings. The van der Waals surface area contributed by atoms with E-state index in [1.807, 2.05) is 0 Å². The number of hydrogen-bond donors (Lipinski definition) is 1. The first-order valence-corrected chi connectivity index (χ1v) is 8.22. The van der Waals surface area contributed by atoms with Gasteiger partial charge in [0, 0.05) is 17.0 Å². The van der Waals surface area contributed by atoms with E-state index in [-0.39, 0.29) is 0 Å². The molecule has 0 saturated carbocycles. The number of nitrogens with one attached hydrogen (secondary N) is 1. The van der Waals surface area contributed by atoms with Gasteiger partial charge in [-0.05, 0) is 70.7 Å². The second kappa shape index (κ2) is 6.14. The lowest BCUT2D eigenvalue weighted by molar-refractivity contribution is 0.482. The normalized spacial score (nSPS) is 14.8. The fraction of sp³-hybridized carbons (Fsp3) is 0.385. The van der Waals surface area contributed by atoms with Crippen molar-refractivity contribution in [2.75, 3.05) is 0 Å². The van der Waals surface area contributed by atoms with Crippen molar-refractivity contribution in [1.29, 1.82) is 0 Å². The van der Waals surface area contributed by atoms with E-state index in [0.717, 1.165) is 6.42 Å². The zero-order chi connectivity index (χ0) is 12.3. The molecule has 0 spiro atoms. The van der Waals surface area contributed by atoms with Gasteiger partial charge >= 0.3 is 0 Å². The smallest absolute Gasteiger partial charge is 0.0701 e. The molecule has 2 aromatic rings. The van der Waals surface area contributed by atoms with Crippen molar-refractivity contribution in [2.45, 2.75) is 32.4 Å². The molecule has 0 bridgehead atoms. The standard InChI is InChI=1S/C13H16BrNS2/c1-9(7-11-5-6-16-8-11)15-10(2)12-3-4-13(14)17-12/h3-6,8-10,15H,7H2,1-2H3. The summed E-state index contributed by atoms with van der Waals surface area (Å²) in [5.41, 5.74) is 1.43. The lowest BCUT2D eigenvalue weighted by Crippen LogP contribution is -2.30. The van der Waals surface area contributed by atoms with E-state index >= 15 is 0 Å². The van der Waals surface area contributed by atoms with Crippen molar-refractivity contribution in [3.05, 3.63) is 43.2 Å². The Balaban J connectivity index is 1.88. The summed E-state index contributed by atoms with van der Waals surface area (Å²) in [6.45, 7) is 4.47. The van der Waals surface area contributed by atoms with E-state index in [1.165, 1.54) is 14.2 Å². The zero-order valence-electron chi connectivity index (χ0n) is 9.94. The van der Waals surface area contributed by atoms with E-state index in [0.29, 0.717) is 12.1 Å². The molecule has 0 fully saturated rings. The largest absolute Gasteiger partial charge is 0.307 e. The fourth-order valence-electron chi connectivity index (χ4n) is 1.89. The second-order valence-electron chi connectivity index (χ2n) is 4.27. The van der Waals surface area contributed by atoms with Crippen molar-refractivity contribution in [3.63, 3.8) is 0 Å². The van der Waals surface area contributed by atoms with Crippen LogP contribution in [0.1, 0.15) is 30.3 Å². The Morgan fingerprint density at radius 1 is 1.29 bits per heavy atom. The van der Waals surface area contributed by atoms with Crippen molar-refractivity contribution in [1.82, 2.24) is 5.32 Å². The highest BCUT2D eigenvalue weighted by atomic mass is 79.9. The van der Waals surface area contributed by atoms with Crippen molar-refractivity contribution in [3.8, 4) is 0 Å². The van der Waals surface area contributed by atoms with Crippen LogP contribution in [-0.4, -0.2) is 6.04 Å². The summed E-state index contributed by atoms with van der Waals surface area (Å²) >= 11 is 7.08. The number of rotatable bonds is 5. The molecule has 1 N–H and O–H groups in total. The molecular formula is C13H16BrNS2. The van der Waals surface area contributed by atoms with Crippen LogP contribution in [0.15, 0.2) is 32.7 Å². The molecule has 2 atom stereocenters. The highest BCUT2D eigenvalue weighted by Crippen LogP contribution is 2.27. The monoisotopic (exact) mass is 329 g/mol. The Labute approximate surface area is 119 Å². The first-order chi connectivity index (χ1) is 8.15. The van der Waals surface area contributed by atoms with Gasteiger partial charge in [-0.1, -0.05) is 0 Å². The molecule has 92 valence electrons. The maximum atomic E-state index is 3.64. The van der Waals surface area contributed by atoms with Gasteiger partial charge in [-0.25, -0.2) is 0 Å². The maximum Gasteiger partial charge on any atom is 0.0701 e. The topological polar surface area (TPSA) is 12.0 Å². The van der Waals surface area contributed by atoms with Crippen LogP contribution >= 0.6 is 38.6 Å². The molecule has 4 heteroatoms. The van der Waals surface area contributed by atoms with Crippen LogP contribution in [0.25, 0.3) is 0 Å². The zero-order valence-corrected chi connectivity index (χ0v) is 13.2. The van der Waals surface area contributed by atoms with Crippen LogP contribution in [0.4, 0.5) is 0 Å². The van der Waals surface area contributed by atoms with Gasteiger partial charge in [0.2, 0.25) is 0 Å². The Hall–Kier alpha value is -0.160. The predicted octanol–water partition coefficient (Wildman–Crippen LogP) is 4.85. The van der Waals surface area contributed by atoms with E-state index in [9.17, 15) is 0 Å². The molecule has 2 heterocycles. The lowest BCUT2D eigenvalue weighted by Gasteiger charge is -2.18. The highest BCUT2D eigenvalue weighted by Gasteiger charge is 2.11. The third-order valence-electron chi connectivity index (χ3n) is 2.68. The van der Waals surface area contributed by atoms with E-state index < -0.39 is 0 Å². The van der Waals surface area contributed by atoms with Crippen molar-refractivity contribution in [2.24, 2.45) is 0 Å². The second-order valence-corrected chi connectivity index (χ2v) is 7.54. The van der Waals surface area contributed by atoms with Gasteiger partial charge in [0.1, 0.15) is 0 Å². The summed E-state index contributed by atoms with van der Waals surface area (Å²) in [7, 11) is 0. The summed E-state index contributed by atoms with van der Waals surface area (Å²) < 4.78 is 1.20. The Kier molecular flexibility index (Phi) is 4.79. The predicted molar refractivity (Wildman–Crippen MR) is 81.1 cm³/mol. The number of thiophene rings is 2. The third-order valence-corrected chi connectivity index (χ3v) is 5.22. The summed E-state index contributed by atoms with van der Waals surface area (Å²) in [6.07, 6.45) is 1.10. The highest BCUT2D eigenvalue weighted by molar-refractivity contribution is 9.11. The Morgan fingerprint density at radius 3 is 2.71 bits per heavy atom. The summed E-state index contributed by atoms with van der Waals surface area (Å²) in [6, 6.07) is 7.42. The van der Waals surface area contributed by atoms with Crippen LogP contribution in [0.5, 0.6) is 0 Å². The molecule has 0 aromatic carbocycles. The third kappa shape index (κ3) is 3.91. The first kappa shape index (κ1) is 13.3. The molecular weight excluding hydrogens is 314 g/mol. The molecule has 2 rings (SSSR count). The van der Waals surface area contributed by atoms with Crippen LogP contribution in [0.2, 0.25) is 0 Å². The molecule has 1 nitrogen and oxygen atoms in total. The van der Waals surface area contributed by atoms with Gasteiger partial charge in [-0.3, -0.25) is 0 Å². The summed E-state index contributed by atoms with van der Waals surface area (Å²) in [5.74, 6) is 0. The van der Waals surface area contributed by atoms with Crippen LogP contribution in [0, 0.1) is 0 Å². The molecule has 2 aromatic heterocycles. The van der Waals surface area contributed by atoms with Gasteiger partial charge in [-0.15, -0.1) is 11.3 Å². The van der Waals surface area contributed by atoms with E-state index in [1.54, 1.807) is 22.7 Å². The van der Waals surface area contributed by atoms with Gasteiger partial charge in [-0.2, -0.15) is 11.3 Å². The quantitative estimate of drug-likeness (QED) is 0.826. The van der Waals surface area contributed by atoms with Crippen molar-refractivity contribution < 1.29 is 0 Å². The molecule has 0 aliphatic heterocycles. The van der Waals surface area contributed by atoms with Gasteiger partial charge in [0.05, 0.1) is 3.79 Å². The van der Waals surface area contributed by atoms with E-state index in [4.69, 9.17) is 0 Å². The maximum absolute atomic E-state index is 3.64. The molecule has 2 unspecified atom stereocenters. The Bertz CT molecular complexity index is 450. The van der Waals surface area contributed by atoms with Crippen LogP contribution in [-0.2, 0) is 6.42 Å². The average molecular weight is 330 g/mol. The SMILES string of the molecule is CC(Cc1ccsc1)NC(C)c1ccc(Br)s1. The minimum atomic E-state index is 0.417. The Morgan fingerprint density at radius 2 is 2.12 bits per heavy atom. The van der Waals surface area contributed by atoms with Gasteiger partial charge < -0.3 is 5.32 Å². The van der Waals surface area contributed by atoms with Crippen molar-refractivity contribution >= 4 is 38.6 Å². The first-order valence-electron chi connectivity index (χ1n) is 5.67. The van der Waals surface area contributed by atoms with E-state index in [2.05, 4.69) is 64.1 Å². The van der Waals surface area contributed by atoms with Crippen LogP contribution < -0.4 is 5.32 Å². The molecule has 0 saturated heterocycles. The summed E-state index contributed by atoms with van der Waals surface area (Å²) in [4.78, 5) is 1.38. The lowest BCUT2D eigenvalue weighted by atomic mass is 10.1. The summed E-state index contributed by atoms with van der Waals surface area (Å²) in [5, 5.41) is 8.01. The van der Waals surface area contributed by atoms with Crippen LogP contribution in [0.3, 0.4) is 0 Å². The molecule has 17 heavy (non-hydrogen) atoms.